The predicted molar refractivity (Wildman–Crippen MR) is 157 cm³/mol. The largest absolute Gasteiger partial charge is 0.496 e. The van der Waals surface area contributed by atoms with E-state index in [0.29, 0.717) is 28.0 Å². The van der Waals surface area contributed by atoms with E-state index in [0.717, 1.165) is 0 Å². The fraction of sp³-hybridized carbons (Fsp3) is 0.355. The van der Waals surface area contributed by atoms with Gasteiger partial charge in [0.1, 0.15) is 22.1 Å². The summed E-state index contributed by atoms with van der Waals surface area (Å²) in [6.45, 7) is 3.50. The second-order valence-electron chi connectivity index (χ2n) is 11.0. The number of aromatic nitrogens is 2. The van der Waals surface area contributed by atoms with Gasteiger partial charge in [0.05, 0.1) is 37.9 Å². The van der Waals surface area contributed by atoms with Gasteiger partial charge in [0.2, 0.25) is 17.2 Å². The van der Waals surface area contributed by atoms with Gasteiger partial charge in [-0.15, -0.1) is 0 Å². The number of carbonyl (C=O) groups excluding carboxylic acids is 3. The van der Waals surface area contributed by atoms with Crippen LogP contribution in [0.1, 0.15) is 42.1 Å². The highest BCUT2D eigenvalue weighted by atomic mass is 35.5. The number of dihydropyridines is 1. The smallest absolute Gasteiger partial charge is 0.336 e. The Labute approximate surface area is 251 Å². The molecular formula is C31H30ClN3O8. The van der Waals surface area contributed by atoms with E-state index in [1.807, 2.05) is 0 Å². The Morgan fingerprint density at radius 2 is 1.70 bits per heavy atom. The Morgan fingerprint density at radius 1 is 1.02 bits per heavy atom. The number of Topliss-reactive ketones (excluding diaryl/α,β-unsaturated/α-hetero) is 2. The maximum absolute atomic E-state index is 14.9. The molecule has 3 atom stereocenters. The minimum absolute atomic E-state index is 0.00746. The van der Waals surface area contributed by atoms with Gasteiger partial charge in [-0.1, -0.05) is 24.6 Å². The Bertz CT molecular complexity index is 1920. The van der Waals surface area contributed by atoms with Crippen molar-refractivity contribution in [3.8, 4) is 17.2 Å². The third-order valence-electron chi connectivity index (χ3n) is 8.88. The van der Waals surface area contributed by atoms with Crippen LogP contribution in [0, 0.1) is 5.92 Å². The average molecular weight is 608 g/mol. The number of carbonyl (C=O) groups is 3. The molecule has 2 aromatic carbocycles. The second-order valence-corrected chi connectivity index (χ2v) is 11.4. The maximum atomic E-state index is 14.9. The molecular weight excluding hydrogens is 578 g/mol. The summed E-state index contributed by atoms with van der Waals surface area (Å²) in [4.78, 5) is 55.2. The van der Waals surface area contributed by atoms with Crippen LogP contribution >= 0.6 is 11.6 Å². The number of aryl methyl sites for hydroxylation is 2. The van der Waals surface area contributed by atoms with E-state index in [-0.39, 0.29) is 51.1 Å². The maximum Gasteiger partial charge on any atom is 0.336 e. The van der Waals surface area contributed by atoms with Crippen molar-refractivity contribution in [2.75, 3.05) is 21.3 Å². The second kappa shape index (κ2) is 9.77. The molecule has 3 aliphatic rings. The number of hydrogen-bond donors (Lipinski definition) is 1. The van der Waals surface area contributed by atoms with E-state index < -0.39 is 35.0 Å². The first-order valence-corrected chi connectivity index (χ1v) is 14.0. The number of hydrogen-bond acceptors (Lipinski definition) is 9. The van der Waals surface area contributed by atoms with Crippen molar-refractivity contribution in [2.45, 2.75) is 31.8 Å². The van der Waals surface area contributed by atoms with E-state index in [1.54, 1.807) is 46.1 Å². The van der Waals surface area contributed by atoms with Crippen molar-refractivity contribution in [2.24, 2.45) is 20.0 Å². The number of rotatable bonds is 4. The summed E-state index contributed by atoms with van der Waals surface area (Å²) in [7, 11) is 7.41. The van der Waals surface area contributed by atoms with Crippen LogP contribution in [-0.4, -0.2) is 53.6 Å². The molecule has 1 N–H and O–H groups in total. The molecule has 224 valence electrons. The highest BCUT2D eigenvalue weighted by Gasteiger charge is 2.63. The fourth-order valence-corrected chi connectivity index (χ4v) is 6.96. The van der Waals surface area contributed by atoms with Gasteiger partial charge in [0.15, 0.2) is 5.75 Å². The number of fused-ring (bicyclic) bond motifs is 2. The third-order valence-corrected chi connectivity index (χ3v) is 9.24. The van der Waals surface area contributed by atoms with Gasteiger partial charge in [-0.3, -0.25) is 18.7 Å². The molecule has 6 rings (SSSR count). The zero-order valence-electron chi connectivity index (χ0n) is 24.7. The average Bonchev–Trinajstić information content (AvgIpc) is 3.42. The molecule has 0 saturated carbocycles. The van der Waals surface area contributed by atoms with Crippen molar-refractivity contribution in [1.29, 1.82) is 0 Å². The molecule has 0 bridgehead atoms. The monoisotopic (exact) mass is 607 g/mol. The molecule has 0 unspecified atom stereocenters. The summed E-state index contributed by atoms with van der Waals surface area (Å²) in [5, 5.41) is 3.29. The van der Waals surface area contributed by atoms with E-state index in [2.05, 4.69) is 5.32 Å². The first-order chi connectivity index (χ1) is 20.4. The van der Waals surface area contributed by atoms with Crippen LogP contribution in [0.5, 0.6) is 17.2 Å². The topological polar surface area (TPSA) is 127 Å². The van der Waals surface area contributed by atoms with Crippen LogP contribution in [0.15, 0.2) is 51.6 Å². The van der Waals surface area contributed by atoms with Crippen LogP contribution in [0.3, 0.4) is 0 Å². The molecule has 0 amide bonds. The van der Waals surface area contributed by atoms with Gasteiger partial charge in [-0.2, -0.15) is 0 Å². The number of benzene rings is 2. The summed E-state index contributed by atoms with van der Waals surface area (Å²) >= 11 is 6.60. The molecule has 11 nitrogen and oxygen atoms in total. The van der Waals surface area contributed by atoms with Gasteiger partial charge in [-0.05, 0) is 31.0 Å². The lowest BCUT2D eigenvalue weighted by Crippen LogP contribution is -2.58. The van der Waals surface area contributed by atoms with Gasteiger partial charge in [0, 0.05) is 49.0 Å². The minimum atomic E-state index is -1.97. The highest BCUT2D eigenvalue weighted by molar-refractivity contribution is 6.36. The summed E-state index contributed by atoms with van der Waals surface area (Å²) in [6.07, 6.45) is 0.256. The van der Waals surface area contributed by atoms with Crippen molar-refractivity contribution in [3.63, 3.8) is 0 Å². The molecule has 43 heavy (non-hydrogen) atoms. The van der Waals surface area contributed by atoms with Crippen LogP contribution in [0.25, 0.3) is 11.0 Å². The zero-order chi connectivity index (χ0) is 31.1. The quantitative estimate of drug-likeness (QED) is 0.350. The van der Waals surface area contributed by atoms with Crippen molar-refractivity contribution in [3.05, 3.63) is 73.4 Å². The number of imidazole rings is 1. The number of esters is 1. The van der Waals surface area contributed by atoms with Crippen LogP contribution in [0.4, 0.5) is 0 Å². The van der Waals surface area contributed by atoms with E-state index in [9.17, 15) is 19.2 Å². The lowest BCUT2D eigenvalue weighted by Gasteiger charge is -2.42. The Kier molecular flexibility index (Phi) is 6.50. The number of allylic oxidation sites excluding steroid dienone is 2. The Hall–Kier alpha value is -4.51. The Balaban J connectivity index is 1.58. The molecule has 0 radical (unpaired) electrons. The standard InChI is InChI=1S/C31H30ClN3O8/c1-13-10-16-23(27(36)31(13)28(37)24-19(40-5)12-20(41-6)25(32)26(24)43-31)22(21(14(2)33-16)29(38)42-7)15-8-9-17-18(11-15)35(4)30(39)34(17)3/h8-9,11-13,22,33H,10H2,1-7H3/t13-,22+,31+/m1/s1. The number of halogens is 1. The fourth-order valence-electron chi connectivity index (χ4n) is 6.69. The zero-order valence-corrected chi connectivity index (χ0v) is 25.5. The molecule has 1 aromatic heterocycles. The molecule has 1 aliphatic carbocycles. The molecule has 0 saturated heterocycles. The minimum Gasteiger partial charge on any atom is -0.496 e. The lowest BCUT2D eigenvalue weighted by molar-refractivity contribution is -0.136. The van der Waals surface area contributed by atoms with E-state index in [4.69, 9.17) is 30.5 Å². The molecule has 0 fully saturated rings. The molecule has 1 spiro atoms. The lowest BCUT2D eigenvalue weighted by atomic mass is 9.65. The van der Waals surface area contributed by atoms with Gasteiger partial charge < -0.3 is 24.3 Å². The predicted octanol–water partition coefficient (Wildman–Crippen LogP) is 3.56. The number of ketones is 2. The first kappa shape index (κ1) is 28.6. The van der Waals surface area contributed by atoms with Gasteiger partial charge in [0.25, 0.3) is 0 Å². The van der Waals surface area contributed by atoms with Crippen LogP contribution < -0.4 is 25.2 Å². The number of ether oxygens (including phenoxy) is 4. The van der Waals surface area contributed by atoms with Crippen LogP contribution in [-0.2, 0) is 28.4 Å². The highest BCUT2D eigenvalue weighted by Crippen LogP contribution is 2.56. The molecule has 3 aromatic rings. The summed E-state index contributed by atoms with van der Waals surface area (Å²) in [5.41, 5.74) is 1.23. The SMILES string of the molecule is COC(=O)C1=C(C)NC2=C(C(=O)[C@@]3(Oc4c(Cl)c(OC)cc(OC)c4C3=O)[C@H](C)C2)[C@H]1c1ccc2c(c1)n(C)c(=O)n2C. The van der Waals surface area contributed by atoms with E-state index in [1.165, 1.54) is 36.5 Å². The molecule has 2 aliphatic heterocycles. The first-order valence-electron chi connectivity index (χ1n) is 13.6. The van der Waals surface area contributed by atoms with E-state index >= 15 is 0 Å². The summed E-state index contributed by atoms with van der Waals surface area (Å²) < 4.78 is 25.4. The third kappa shape index (κ3) is 3.67. The molecule has 3 heterocycles. The number of methoxy groups -OCH3 is 3. The normalized spacial score (nSPS) is 22.9. The van der Waals surface area contributed by atoms with Gasteiger partial charge in [-0.25, -0.2) is 9.59 Å². The van der Waals surface area contributed by atoms with Crippen molar-refractivity contribution in [1.82, 2.24) is 14.5 Å². The number of nitrogens with zero attached hydrogens (tertiary/aromatic N) is 2. The van der Waals surface area contributed by atoms with Crippen molar-refractivity contribution >= 4 is 40.2 Å². The summed E-state index contributed by atoms with van der Waals surface area (Å²) in [5.74, 6) is -2.98. The van der Waals surface area contributed by atoms with Crippen molar-refractivity contribution < 1.29 is 33.3 Å². The van der Waals surface area contributed by atoms with Gasteiger partial charge >= 0.3 is 11.7 Å². The van der Waals surface area contributed by atoms with Crippen LogP contribution in [0.2, 0.25) is 5.02 Å². The summed E-state index contributed by atoms with van der Waals surface area (Å²) in [6, 6.07) is 6.81. The Morgan fingerprint density at radius 3 is 2.35 bits per heavy atom. The molecule has 12 heteroatoms. The number of nitrogens with one attached hydrogen (secondary N) is 1.